The van der Waals surface area contributed by atoms with Crippen molar-refractivity contribution >= 4 is 5.91 Å². The molecule has 0 atom stereocenters. The first kappa shape index (κ1) is 13.5. The Morgan fingerprint density at radius 3 is 2.50 bits per heavy atom. The summed E-state index contributed by atoms with van der Waals surface area (Å²) in [5.74, 6) is 0.256. The minimum atomic E-state index is 0.256. The summed E-state index contributed by atoms with van der Waals surface area (Å²) in [6.45, 7) is 2.74. The minimum absolute atomic E-state index is 0.256. The second kappa shape index (κ2) is 6.86. The Morgan fingerprint density at radius 1 is 1.25 bits per heavy atom. The van der Waals surface area contributed by atoms with Gasteiger partial charge in [0.1, 0.15) is 0 Å². The van der Waals surface area contributed by atoms with Crippen molar-refractivity contribution in [3.63, 3.8) is 0 Å². The van der Waals surface area contributed by atoms with Crippen molar-refractivity contribution in [2.45, 2.75) is 31.7 Å². The molecule has 0 aromatic rings. The smallest absolute Gasteiger partial charge is 0.223 e. The highest BCUT2D eigenvalue weighted by molar-refractivity contribution is 5.76. The highest BCUT2D eigenvalue weighted by atomic mass is 16.2. The molecule has 1 aliphatic rings. The Morgan fingerprint density at radius 2 is 1.94 bits per heavy atom. The van der Waals surface area contributed by atoms with Crippen molar-refractivity contribution < 1.29 is 4.79 Å². The lowest BCUT2D eigenvalue weighted by Gasteiger charge is -2.18. The number of amides is 1. The fourth-order valence-electron chi connectivity index (χ4n) is 1.61. The van der Waals surface area contributed by atoms with E-state index in [0.717, 1.165) is 26.1 Å². The zero-order valence-corrected chi connectivity index (χ0v) is 10.8. The van der Waals surface area contributed by atoms with E-state index in [-0.39, 0.29) is 5.91 Å². The molecule has 0 bridgehead atoms. The summed E-state index contributed by atoms with van der Waals surface area (Å²) >= 11 is 0. The minimum Gasteiger partial charge on any atom is -0.346 e. The van der Waals surface area contributed by atoms with Crippen molar-refractivity contribution in [2.75, 3.05) is 40.8 Å². The molecular weight excluding hydrogens is 202 g/mol. The van der Waals surface area contributed by atoms with Crippen LogP contribution in [0.4, 0.5) is 0 Å². The van der Waals surface area contributed by atoms with Gasteiger partial charge in [-0.3, -0.25) is 4.79 Å². The second-order valence-corrected chi connectivity index (χ2v) is 4.95. The summed E-state index contributed by atoms with van der Waals surface area (Å²) in [7, 11) is 6.01. The van der Waals surface area contributed by atoms with Crippen LogP contribution >= 0.6 is 0 Å². The summed E-state index contributed by atoms with van der Waals surface area (Å²) in [6, 6.07) is 0.701. The van der Waals surface area contributed by atoms with Gasteiger partial charge < -0.3 is 15.1 Å². The predicted octanol–water partition coefficient (Wildman–Crippen LogP) is 0.539. The Hall–Kier alpha value is -0.610. The highest BCUT2D eigenvalue weighted by Gasteiger charge is 2.20. The van der Waals surface area contributed by atoms with Crippen LogP contribution in [0.15, 0.2) is 0 Å². The van der Waals surface area contributed by atoms with Gasteiger partial charge in [-0.25, -0.2) is 0 Å². The molecule has 1 aliphatic carbocycles. The van der Waals surface area contributed by atoms with Crippen LogP contribution < -0.4 is 5.32 Å². The number of hydrogen-bond donors (Lipinski definition) is 1. The predicted molar refractivity (Wildman–Crippen MR) is 66.4 cm³/mol. The van der Waals surface area contributed by atoms with Crippen molar-refractivity contribution in [1.29, 1.82) is 0 Å². The molecule has 0 radical (unpaired) electrons. The standard InChI is InChI=1S/C12H25N3O/c1-14(2)9-4-10-15(3)12(16)7-8-13-11-5-6-11/h11,13H,4-10H2,1-3H3. The van der Waals surface area contributed by atoms with Gasteiger partial charge in [0.2, 0.25) is 5.91 Å². The first-order valence-corrected chi connectivity index (χ1v) is 6.21. The third kappa shape index (κ3) is 6.08. The summed E-state index contributed by atoms with van der Waals surface area (Å²) in [5, 5.41) is 3.36. The zero-order valence-electron chi connectivity index (χ0n) is 10.8. The third-order valence-electron chi connectivity index (χ3n) is 2.87. The molecule has 0 unspecified atom stereocenters. The lowest BCUT2D eigenvalue weighted by Crippen LogP contribution is -2.32. The second-order valence-electron chi connectivity index (χ2n) is 4.95. The van der Waals surface area contributed by atoms with Crippen LogP contribution in [0.5, 0.6) is 0 Å². The number of carbonyl (C=O) groups is 1. The SMILES string of the molecule is CN(C)CCCN(C)C(=O)CCNC1CC1. The van der Waals surface area contributed by atoms with Gasteiger partial charge in [0, 0.05) is 32.6 Å². The molecule has 94 valence electrons. The normalized spacial score (nSPS) is 15.5. The van der Waals surface area contributed by atoms with Crippen LogP contribution in [-0.4, -0.2) is 62.5 Å². The molecule has 0 aliphatic heterocycles. The topological polar surface area (TPSA) is 35.6 Å². The molecule has 1 saturated carbocycles. The van der Waals surface area contributed by atoms with E-state index in [1.807, 2.05) is 11.9 Å². The molecular formula is C12H25N3O. The maximum absolute atomic E-state index is 11.7. The van der Waals surface area contributed by atoms with E-state index >= 15 is 0 Å². The van der Waals surface area contributed by atoms with Gasteiger partial charge in [-0.15, -0.1) is 0 Å². The van der Waals surface area contributed by atoms with E-state index in [1.165, 1.54) is 12.8 Å². The Labute approximate surface area is 99.0 Å². The van der Waals surface area contributed by atoms with E-state index < -0.39 is 0 Å². The molecule has 0 saturated heterocycles. The number of nitrogens with one attached hydrogen (secondary N) is 1. The van der Waals surface area contributed by atoms with Gasteiger partial charge in [0.05, 0.1) is 0 Å². The van der Waals surface area contributed by atoms with Gasteiger partial charge in [0.25, 0.3) is 0 Å². The molecule has 1 N–H and O–H groups in total. The van der Waals surface area contributed by atoms with Crippen LogP contribution in [0.25, 0.3) is 0 Å². The van der Waals surface area contributed by atoms with Crippen LogP contribution in [0.3, 0.4) is 0 Å². The largest absolute Gasteiger partial charge is 0.346 e. The number of nitrogens with zero attached hydrogens (tertiary/aromatic N) is 2. The number of carbonyl (C=O) groups excluding carboxylic acids is 1. The molecule has 4 heteroatoms. The van der Waals surface area contributed by atoms with E-state index in [2.05, 4.69) is 24.3 Å². The lowest BCUT2D eigenvalue weighted by atomic mass is 10.3. The monoisotopic (exact) mass is 227 g/mol. The van der Waals surface area contributed by atoms with Crippen LogP contribution in [0.2, 0.25) is 0 Å². The van der Waals surface area contributed by atoms with Gasteiger partial charge in [-0.05, 0) is 39.9 Å². The summed E-state index contributed by atoms with van der Waals surface area (Å²) in [4.78, 5) is 15.7. The van der Waals surface area contributed by atoms with Crippen molar-refractivity contribution in [3.8, 4) is 0 Å². The Bertz CT molecular complexity index is 214. The number of rotatable bonds is 8. The first-order valence-electron chi connectivity index (χ1n) is 6.21. The first-order chi connectivity index (χ1) is 7.59. The van der Waals surface area contributed by atoms with Crippen LogP contribution in [0, 0.1) is 0 Å². The maximum atomic E-state index is 11.7. The molecule has 16 heavy (non-hydrogen) atoms. The summed E-state index contributed by atoms with van der Waals surface area (Å²) < 4.78 is 0. The van der Waals surface area contributed by atoms with E-state index in [4.69, 9.17) is 0 Å². The van der Waals surface area contributed by atoms with Crippen LogP contribution in [-0.2, 0) is 4.79 Å². The molecule has 4 nitrogen and oxygen atoms in total. The van der Waals surface area contributed by atoms with Crippen molar-refractivity contribution in [2.24, 2.45) is 0 Å². The fourth-order valence-corrected chi connectivity index (χ4v) is 1.61. The highest BCUT2D eigenvalue weighted by Crippen LogP contribution is 2.18. The average molecular weight is 227 g/mol. The fraction of sp³-hybridized carbons (Fsp3) is 0.917. The summed E-state index contributed by atoms with van der Waals surface area (Å²) in [6.07, 6.45) is 4.25. The number of hydrogen-bond acceptors (Lipinski definition) is 3. The average Bonchev–Trinajstić information content (AvgIpc) is 3.00. The lowest BCUT2D eigenvalue weighted by molar-refractivity contribution is -0.129. The van der Waals surface area contributed by atoms with Crippen molar-refractivity contribution in [1.82, 2.24) is 15.1 Å². The molecule has 1 rings (SSSR count). The van der Waals surface area contributed by atoms with E-state index in [0.29, 0.717) is 12.5 Å². The molecule has 0 heterocycles. The quantitative estimate of drug-likeness (QED) is 0.657. The van der Waals surface area contributed by atoms with Gasteiger partial charge in [-0.2, -0.15) is 0 Å². The molecule has 0 aromatic carbocycles. The molecule has 1 amide bonds. The Kier molecular flexibility index (Phi) is 5.77. The van der Waals surface area contributed by atoms with Crippen molar-refractivity contribution in [3.05, 3.63) is 0 Å². The van der Waals surface area contributed by atoms with Crippen LogP contribution in [0.1, 0.15) is 25.7 Å². The molecule has 0 aromatic heterocycles. The maximum Gasteiger partial charge on any atom is 0.223 e. The van der Waals surface area contributed by atoms with E-state index in [1.54, 1.807) is 0 Å². The van der Waals surface area contributed by atoms with Gasteiger partial charge in [-0.1, -0.05) is 0 Å². The third-order valence-corrected chi connectivity index (χ3v) is 2.87. The Balaban J connectivity index is 1.99. The molecule has 1 fully saturated rings. The van der Waals surface area contributed by atoms with Gasteiger partial charge >= 0.3 is 0 Å². The zero-order chi connectivity index (χ0) is 12.0. The summed E-state index contributed by atoms with van der Waals surface area (Å²) in [5.41, 5.74) is 0. The van der Waals surface area contributed by atoms with E-state index in [9.17, 15) is 4.79 Å². The molecule has 0 spiro atoms. The van der Waals surface area contributed by atoms with Gasteiger partial charge in [0.15, 0.2) is 0 Å².